The first-order valence-corrected chi connectivity index (χ1v) is 11.6. The number of rotatable bonds is 8. The van der Waals surface area contributed by atoms with Gasteiger partial charge in [0.25, 0.3) is 0 Å². The summed E-state index contributed by atoms with van der Waals surface area (Å²) in [5.41, 5.74) is 4.29. The number of benzene rings is 2. The number of hydrogen-bond acceptors (Lipinski definition) is 8. The summed E-state index contributed by atoms with van der Waals surface area (Å²) in [4.78, 5) is 11.2. The smallest absolute Gasteiger partial charge is 0.223 e. The van der Waals surface area contributed by atoms with E-state index in [2.05, 4.69) is 44.8 Å². The van der Waals surface area contributed by atoms with Gasteiger partial charge in [0.2, 0.25) is 5.95 Å². The maximum absolute atomic E-state index is 6.13. The molecule has 0 aliphatic carbocycles. The van der Waals surface area contributed by atoms with Gasteiger partial charge in [-0.05, 0) is 48.0 Å². The van der Waals surface area contributed by atoms with Crippen LogP contribution in [0.2, 0.25) is 0 Å². The molecule has 2 aromatic carbocycles. The first-order valence-electron chi connectivity index (χ1n) is 11.6. The highest BCUT2D eigenvalue weighted by Gasteiger charge is 2.47. The fourth-order valence-electron chi connectivity index (χ4n) is 4.48. The van der Waals surface area contributed by atoms with E-state index in [1.54, 1.807) is 13.3 Å². The van der Waals surface area contributed by atoms with Crippen molar-refractivity contribution in [3.63, 3.8) is 0 Å². The van der Waals surface area contributed by atoms with Gasteiger partial charge in [0, 0.05) is 38.1 Å². The number of nitrogens with zero attached hydrogens (tertiary/aromatic N) is 3. The highest BCUT2D eigenvalue weighted by atomic mass is 16.6. The second-order valence-electron chi connectivity index (χ2n) is 8.89. The Bertz CT molecular complexity index is 1090. The Morgan fingerprint density at radius 2 is 1.65 bits per heavy atom. The molecule has 0 radical (unpaired) electrons. The van der Waals surface area contributed by atoms with E-state index in [1.165, 1.54) is 11.3 Å². The van der Waals surface area contributed by atoms with E-state index < -0.39 is 0 Å². The summed E-state index contributed by atoms with van der Waals surface area (Å²) >= 11 is 0. The van der Waals surface area contributed by atoms with Crippen LogP contribution in [0.4, 0.5) is 11.6 Å². The van der Waals surface area contributed by atoms with E-state index in [9.17, 15) is 0 Å². The van der Waals surface area contributed by atoms with E-state index in [-0.39, 0.29) is 24.3 Å². The molecule has 2 saturated heterocycles. The van der Waals surface area contributed by atoms with Crippen molar-refractivity contribution in [1.82, 2.24) is 15.3 Å². The van der Waals surface area contributed by atoms with Crippen LogP contribution in [-0.2, 0) is 16.0 Å². The lowest BCUT2D eigenvalue weighted by Gasteiger charge is -2.19. The summed E-state index contributed by atoms with van der Waals surface area (Å²) in [6, 6.07) is 18.5. The Balaban J connectivity index is 1.18. The number of ether oxygens (including phenoxy) is 3. The van der Waals surface area contributed by atoms with E-state index in [1.807, 2.05) is 44.4 Å². The van der Waals surface area contributed by atoms with Crippen molar-refractivity contribution in [3.05, 3.63) is 66.4 Å². The molecule has 3 aromatic rings. The minimum atomic E-state index is -0.0399. The first kappa shape index (κ1) is 22.6. The molecule has 34 heavy (non-hydrogen) atoms. The largest absolute Gasteiger partial charge is 0.497 e. The number of fused-ring (bicyclic) bond motifs is 1. The molecule has 2 N–H and O–H groups in total. The number of hydrogen-bond donors (Lipinski definition) is 2. The molecule has 178 valence electrons. The second-order valence-corrected chi connectivity index (χ2v) is 8.89. The standard InChI is InChI=1S/C26H31N5O3/c1-31(2)19-8-4-17(5-9-19)14-28-22-15-33-25-23(16-34-24(22)25)30-26-27-13-12-21(29-26)18-6-10-20(32-3)11-7-18/h4-13,22-25,28H,14-16H2,1-3H3,(H,27,29,30). The maximum Gasteiger partial charge on any atom is 0.223 e. The number of nitrogens with one attached hydrogen (secondary N) is 2. The minimum absolute atomic E-state index is 0.00212. The second kappa shape index (κ2) is 9.97. The zero-order chi connectivity index (χ0) is 23.5. The van der Waals surface area contributed by atoms with Crippen LogP contribution in [0.1, 0.15) is 5.56 Å². The van der Waals surface area contributed by atoms with Crippen LogP contribution >= 0.6 is 0 Å². The average Bonchev–Trinajstić information content (AvgIpc) is 3.46. The molecule has 3 heterocycles. The van der Waals surface area contributed by atoms with Crippen LogP contribution < -0.4 is 20.3 Å². The molecule has 4 atom stereocenters. The van der Waals surface area contributed by atoms with Crippen LogP contribution in [0, 0.1) is 0 Å². The fourth-order valence-corrected chi connectivity index (χ4v) is 4.48. The van der Waals surface area contributed by atoms with E-state index in [0.29, 0.717) is 19.2 Å². The number of anilines is 2. The summed E-state index contributed by atoms with van der Waals surface area (Å²) in [7, 11) is 5.75. The predicted octanol–water partition coefficient (Wildman–Crippen LogP) is 2.95. The van der Waals surface area contributed by atoms with E-state index in [4.69, 9.17) is 19.2 Å². The first-order chi connectivity index (χ1) is 16.6. The summed E-state index contributed by atoms with van der Waals surface area (Å²) in [6.07, 6.45) is 1.73. The lowest BCUT2D eigenvalue weighted by Crippen LogP contribution is -2.41. The van der Waals surface area contributed by atoms with Gasteiger partial charge in [-0.2, -0.15) is 0 Å². The average molecular weight is 462 g/mol. The third kappa shape index (κ3) is 4.84. The molecule has 2 fully saturated rings. The molecular weight excluding hydrogens is 430 g/mol. The zero-order valence-electron chi connectivity index (χ0n) is 19.8. The topological polar surface area (TPSA) is 80.8 Å². The van der Waals surface area contributed by atoms with Crippen molar-refractivity contribution in [3.8, 4) is 17.0 Å². The Morgan fingerprint density at radius 1 is 0.941 bits per heavy atom. The van der Waals surface area contributed by atoms with Crippen LogP contribution in [0.5, 0.6) is 5.75 Å². The van der Waals surface area contributed by atoms with Gasteiger partial charge in [0.15, 0.2) is 0 Å². The van der Waals surface area contributed by atoms with Crippen LogP contribution in [-0.4, -0.2) is 68.7 Å². The lowest BCUT2D eigenvalue weighted by atomic mass is 10.1. The van der Waals surface area contributed by atoms with Gasteiger partial charge in [-0.15, -0.1) is 0 Å². The highest BCUT2D eigenvalue weighted by Crippen LogP contribution is 2.29. The molecule has 1 aromatic heterocycles. The summed E-state index contributed by atoms with van der Waals surface area (Å²) in [5, 5.41) is 7.04. The summed E-state index contributed by atoms with van der Waals surface area (Å²) in [6.45, 7) is 1.95. The van der Waals surface area contributed by atoms with Crippen molar-refractivity contribution < 1.29 is 14.2 Å². The summed E-state index contributed by atoms with van der Waals surface area (Å²) < 4.78 is 17.5. The molecule has 2 aliphatic heterocycles. The van der Waals surface area contributed by atoms with Crippen LogP contribution in [0.3, 0.4) is 0 Å². The van der Waals surface area contributed by atoms with Crippen molar-refractivity contribution in [1.29, 1.82) is 0 Å². The molecule has 8 nitrogen and oxygen atoms in total. The molecule has 5 rings (SSSR count). The molecule has 0 saturated carbocycles. The molecular formula is C26H31N5O3. The Labute approximate surface area is 200 Å². The molecule has 8 heteroatoms. The van der Waals surface area contributed by atoms with Gasteiger partial charge in [-0.25, -0.2) is 9.97 Å². The van der Waals surface area contributed by atoms with Gasteiger partial charge >= 0.3 is 0 Å². The number of aromatic nitrogens is 2. The van der Waals surface area contributed by atoms with Crippen molar-refractivity contribution in [2.24, 2.45) is 0 Å². The molecule has 0 bridgehead atoms. The molecule has 0 amide bonds. The Morgan fingerprint density at radius 3 is 2.35 bits per heavy atom. The zero-order valence-corrected chi connectivity index (χ0v) is 19.8. The maximum atomic E-state index is 6.13. The summed E-state index contributed by atoms with van der Waals surface area (Å²) in [5.74, 6) is 1.39. The van der Waals surface area contributed by atoms with Gasteiger partial charge in [0.05, 0.1) is 38.1 Å². The third-order valence-electron chi connectivity index (χ3n) is 6.43. The molecule has 4 unspecified atom stereocenters. The Hall–Kier alpha value is -3.20. The van der Waals surface area contributed by atoms with Gasteiger partial charge in [-0.1, -0.05) is 12.1 Å². The quantitative estimate of drug-likeness (QED) is 0.530. The van der Waals surface area contributed by atoms with E-state index in [0.717, 1.165) is 23.6 Å². The molecule has 0 spiro atoms. The lowest BCUT2D eigenvalue weighted by molar-refractivity contribution is 0.0675. The van der Waals surface area contributed by atoms with Crippen molar-refractivity contribution in [2.45, 2.75) is 30.8 Å². The Kier molecular flexibility index (Phi) is 6.62. The van der Waals surface area contributed by atoms with Gasteiger partial charge in [0.1, 0.15) is 18.0 Å². The highest BCUT2D eigenvalue weighted by molar-refractivity contribution is 5.61. The fraction of sp³-hybridized carbons (Fsp3) is 0.385. The number of methoxy groups -OCH3 is 1. The SMILES string of the molecule is COc1ccc(-c2ccnc(NC3COC4C(NCc5ccc(N(C)C)cc5)COC34)n2)cc1. The van der Waals surface area contributed by atoms with Gasteiger partial charge in [-0.3, -0.25) is 0 Å². The minimum Gasteiger partial charge on any atom is -0.497 e. The van der Waals surface area contributed by atoms with Crippen LogP contribution in [0.25, 0.3) is 11.3 Å². The molecule has 2 aliphatic rings. The predicted molar refractivity (Wildman–Crippen MR) is 132 cm³/mol. The van der Waals surface area contributed by atoms with E-state index >= 15 is 0 Å². The third-order valence-corrected chi connectivity index (χ3v) is 6.43. The van der Waals surface area contributed by atoms with Crippen molar-refractivity contribution in [2.75, 3.05) is 44.6 Å². The normalized spacial score (nSPS) is 23.5. The van der Waals surface area contributed by atoms with Gasteiger partial charge < -0.3 is 29.7 Å². The van der Waals surface area contributed by atoms with Crippen molar-refractivity contribution >= 4 is 11.6 Å². The monoisotopic (exact) mass is 461 g/mol. The van der Waals surface area contributed by atoms with Crippen LogP contribution in [0.15, 0.2) is 60.8 Å².